The van der Waals surface area contributed by atoms with E-state index in [-0.39, 0.29) is 58.7 Å². The van der Waals surface area contributed by atoms with Gasteiger partial charge in [-0.1, -0.05) is 27.7 Å². The first-order chi connectivity index (χ1) is 16.1. The van der Waals surface area contributed by atoms with Crippen LogP contribution >= 0.6 is 34.0 Å². The minimum absolute atomic E-state index is 0.0464. The van der Waals surface area contributed by atoms with E-state index in [0.29, 0.717) is 15.0 Å². The summed E-state index contributed by atoms with van der Waals surface area (Å²) in [6.07, 6.45) is 0. The SMILES string of the molecule is CC(C)[C@H]1NC(=O)c2csc(n2)[C@@H](C(C)C)NC(=O)c2csc(n2)[C@@H](C)NC(=O)c2csc1n2. The first-order valence-electron chi connectivity index (χ1n) is 10.9. The summed E-state index contributed by atoms with van der Waals surface area (Å²) in [7, 11) is 0. The quantitative estimate of drug-likeness (QED) is 0.469. The Morgan fingerprint density at radius 1 is 0.647 bits per heavy atom. The maximum atomic E-state index is 13.0. The van der Waals surface area contributed by atoms with Crippen molar-refractivity contribution in [3.63, 3.8) is 0 Å². The number of amides is 3. The van der Waals surface area contributed by atoms with Gasteiger partial charge in [0.25, 0.3) is 17.7 Å². The maximum absolute atomic E-state index is 13.0. The van der Waals surface area contributed by atoms with Gasteiger partial charge < -0.3 is 16.0 Å². The molecule has 3 atom stereocenters. The second kappa shape index (κ2) is 9.88. The molecule has 0 aromatic carbocycles. The summed E-state index contributed by atoms with van der Waals surface area (Å²) in [6, 6.07) is -1.14. The van der Waals surface area contributed by atoms with Gasteiger partial charge in [-0.05, 0) is 18.8 Å². The third-order valence-electron chi connectivity index (χ3n) is 5.42. The zero-order valence-corrected chi connectivity index (χ0v) is 21.9. The van der Waals surface area contributed by atoms with Crippen LogP contribution in [0.15, 0.2) is 16.1 Å². The van der Waals surface area contributed by atoms with E-state index in [2.05, 4.69) is 30.9 Å². The largest absolute Gasteiger partial charge is 0.342 e. The standard InChI is InChI=1S/C22H26N6O3S3/c1-9(2)15-21-25-12(7-33-21)17(29)23-11(5)20-24-13(6-32-20)18(30)27-16(10(3)4)22-26-14(8-34-22)19(31)28-15/h6-11,15-16H,1-5H3,(H,23,29)(H,27,30)(H,28,31)/t11-,15-,16-/m1/s1. The molecule has 3 aromatic heterocycles. The molecule has 1 aliphatic rings. The van der Waals surface area contributed by atoms with Gasteiger partial charge in [0, 0.05) is 16.1 Å². The number of nitrogens with one attached hydrogen (secondary N) is 3. The van der Waals surface area contributed by atoms with Crippen molar-refractivity contribution in [1.29, 1.82) is 0 Å². The molecule has 0 spiro atoms. The van der Waals surface area contributed by atoms with Crippen LogP contribution in [0.5, 0.6) is 0 Å². The average Bonchev–Trinajstić information content (AvgIpc) is 3.54. The third kappa shape index (κ3) is 5.03. The van der Waals surface area contributed by atoms with Crippen LogP contribution < -0.4 is 16.0 Å². The molecule has 180 valence electrons. The Labute approximate surface area is 209 Å². The van der Waals surface area contributed by atoms with Crippen molar-refractivity contribution in [2.75, 3.05) is 0 Å². The van der Waals surface area contributed by atoms with Crippen molar-refractivity contribution in [3.8, 4) is 0 Å². The molecule has 0 saturated carbocycles. The lowest BCUT2D eigenvalue weighted by molar-refractivity contribution is 0.0918. The van der Waals surface area contributed by atoms with Crippen LogP contribution in [0.1, 0.15) is 99.2 Å². The molecule has 3 aromatic rings. The first-order valence-corrected chi connectivity index (χ1v) is 13.6. The number of rotatable bonds is 2. The number of hydrogen-bond donors (Lipinski definition) is 3. The molecule has 9 nitrogen and oxygen atoms in total. The van der Waals surface area contributed by atoms with Crippen LogP contribution in [-0.2, 0) is 0 Å². The Morgan fingerprint density at radius 2 is 1.00 bits per heavy atom. The molecule has 0 unspecified atom stereocenters. The zero-order chi connectivity index (χ0) is 24.6. The van der Waals surface area contributed by atoms with Gasteiger partial charge in [-0.15, -0.1) is 34.0 Å². The van der Waals surface area contributed by atoms with E-state index in [1.54, 1.807) is 16.1 Å². The van der Waals surface area contributed by atoms with E-state index in [1.807, 2.05) is 34.6 Å². The summed E-state index contributed by atoms with van der Waals surface area (Å²) in [5, 5.41) is 15.9. The molecule has 0 saturated heterocycles. The summed E-state index contributed by atoms with van der Waals surface area (Å²) in [5.41, 5.74) is 0.835. The molecular weight excluding hydrogens is 492 g/mol. The fraction of sp³-hybridized carbons (Fsp3) is 0.455. The predicted molar refractivity (Wildman–Crippen MR) is 132 cm³/mol. The molecule has 0 aliphatic carbocycles. The number of hydrogen-bond acceptors (Lipinski definition) is 9. The second-order valence-electron chi connectivity index (χ2n) is 8.80. The third-order valence-corrected chi connectivity index (χ3v) is 8.30. The van der Waals surface area contributed by atoms with Crippen molar-refractivity contribution in [1.82, 2.24) is 30.9 Å². The van der Waals surface area contributed by atoms with Gasteiger partial charge in [-0.25, -0.2) is 15.0 Å². The Balaban J connectivity index is 1.75. The first kappa shape index (κ1) is 24.4. The van der Waals surface area contributed by atoms with Gasteiger partial charge in [0.15, 0.2) is 0 Å². The normalized spacial score (nSPS) is 21.6. The van der Waals surface area contributed by atoms with Gasteiger partial charge in [-0.3, -0.25) is 14.4 Å². The van der Waals surface area contributed by atoms with Crippen LogP contribution in [0.25, 0.3) is 0 Å². The fourth-order valence-electron chi connectivity index (χ4n) is 3.45. The fourth-order valence-corrected chi connectivity index (χ4v) is 6.30. The second-order valence-corrected chi connectivity index (χ2v) is 11.5. The van der Waals surface area contributed by atoms with E-state index in [4.69, 9.17) is 0 Å². The molecule has 0 fully saturated rings. The van der Waals surface area contributed by atoms with Crippen molar-refractivity contribution in [2.24, 2.45) is 11.8 Å². The molecule has 34 heavy (non-hydrogen) atoms. The number of carbonyl (C=O) groups excluding carboxylic acids is 3. The Morgan fingerprint density at radius 3 is 1.41 bits per heavy atom. The van der Waals surface area contributed by atoms with Crippen LogP contribution in [0.2, 0.25) is 0 Å². The number of aromatic nitrogens is 3. The van der Waals surface area contributed by atoms with Crippen molar-refractivity contribution in [3.05, 3.63) is 48.2 Å². The highest BCUT2D eigenvalue weighted by Crippen LogP contribution is 2.29. The Kier molecular flexibility index (Phi) is 7.10. The summed E-state index contributed by atoms with van der Waals surface area (Å²) in [4.78, 5) is 52.2. The van der Waals surface area contributed by atoms with Crippen LogP contribution in [0, 0.1) is 11.8 Å². The molecule has 6 bridgehead atoms. The highest BCUT2D eigenvalue weighted by Gasteiger charge is 2.28. The molecule has 3 amide bonds. The minimum Gasteiger partial charge on any atom is -0.342 e. The highest BCUT2D eigenvalue weighted by atomic mass is 32.1. The maximum Gasteiger partial charge on any atom is 0.271 e. The summed E-state index contributed by atoms with van der Waals surface area (Å²) < 4.78 is 0. The molecule has 1 aliphatic heterocycles. The van der Waals surface area contributed by atoms with Crippen LogP contribution in [0.4, 0.5) is 0 Å². The molecule has 4 heterocycles. The molecule has 0 radical (unpaired) electrons. The van der Waals surface area contributed by atoms with E-state index < -0.39 is 6.04 Å². The number of fused-ring (bicyclic) bond motifs is 6. The zero-order valence-electron chi connectivity index (χ0n) is 19.4. The molecule has 3 N–H and O–H groups in total. The summed E-state index contributed by atoms with van der Waals surface area (Å²) in [6.45, 7) is 9.75. The van der Waals surface area contributed by atoms with Gasteiger partial charge in [-0.2, -0.15) is 0 Å². The van der Waals surface area contributed by atoms with E-state index in [1.165, 1.54) is 34.0 Å². The molecule has 4 rings (SSSR count). The molecule has 12 heteroatoms. The van der Waals surface area contributed by atoms with Crippen molar-refractivity contribution in [2.45, 2.75) is 52.7 Å². The highest BCUT2D eigenvalue weighted by molar-refractivity contribution is 7.10. The van der Waals surface area contributed by atoms with Gasteiger partial charge in [0.05, 0.1) is 18.1 Å². The van der Waals surface area contributed by atoms with E-state index >= 15 is 0 Å². The lowest BCUT2D eigenvalue weighted by atomic mass is 10.0. The smallest absolute Gasteiger partial charge is 0.271 e. The predicted octanol–water partition coefficient (Wildman–Crippen LogP) is 4.11. The van der Waals surface area contributed by atoms with Gasteiger partial charge in [0.2, 0.25) is 0 Å². The topological polar surface area (TPSA) is 126 Å². The Bertz CT molecular complexity index is 1210. The Hall–Kier alpha value is -2.70. The van der Waals surface area contributed by atoms with E-state index in [9.17, 15) is 14.4 Å². The van der Waals surface area contributed by atoms with Crippen LogP contribution in [0.3, 0.4) is 0 Å². The number of thiazole rings is 3. The summed E-state index contributed by atoms with van der Waals surface area (Å²) in [5.74, 6) is -0.897. The lowest BCUT2D eigenvalue weighted by Crippen LogP contribution is -2.33. The van der Waals surface area contributed by atoms with E-state index in [0.717, 1.165) is 0 Å². The number of carbonyl (C=O) groups is 3. The lowest BCUT2D eigenvalue weighted by Gasteiger charge is -2.20. The van der Waals surface area contributed by atoms with Crippen LogP contribution in [-0.4, -0.2) is 32.7 Å². The monoisotopic (exact) mass is 518 g/mol. The van der Waals surface area contributed by atoms with Crippen molar-refractivity contribution >= 4 is 51.7 Å². The molecular formula is C22H26N6O3S3. The van der Waals surface area contributed by atoms with Gasteiger partial charge in [0.1, 0.15) is 32.1 Å². The van der Waals surface area contributed by atoms with Gasteiger partial charge >= 0.3 is 0 Å². The summed E-state index contributed by atoms with van der Waals surface area (Å²) >= 11 is 3.98. The minimum atomic E-state index is -0.397. The average molecular weight is 519 g/mol. The van der Waals surface area contributed by atoms with Crippen molar-refractivity contribution < 1.29 is 14.4 Å². The number of nitrogens with zero attached hydrogens (tertiary/aromatic N) is 3.